The van der Waals surface area contributed by atoms with Crippen molar-refractivity contribution in [2.24, 2.45) is 0 Å². The molecule has 150 valence electrons. The molecule has 0 aromatic heterocycles. The molecule has 1 amide bonds. The minimum Gasteiger partial charge on any atom is -0.494 e. The van der Waals surface area contributed by atoms with Crippen molar-refractivity contribution in [2.75, 3.05) is 19.8 Å². The first-order valence-corrected chi connectivity index (χ1v) is 9.63. The normalized spacial score (nSPS) is 17.4. The van der Waals surface area contributed by atoms with Crippen molar-refractivity contribution in [3.8, 4) is 11.5 Å². The van der Waals surface area contributed by atoms with Gasteiger partial charge in [-0.05, 0) is 56.5 Å². The van der Waals surface area contributed by atoms with Crippen LogP contribution in [0.15, 0.2) is 42.5 Å². The quantitative estimate of drug-likeness (QED) is 0.656. The molecule has 1 saturated heterocycles. The fourth-order valence-corrected chi connectivity index (χ4v) is 3.40. The first-order chi connectivity index (χ1) is 13.5. The van der Waals surface area contributed by atoms with Gasteiger partial charge in [0.1, 0.15) is 23.4 Å². The van der Waals surface area contributed by atoms with E-state index in [1.807, 2.05) is 39.0 Å². The molecular weight excluding hydrogens is 361 g/mol. The molecule has 5 nitrogen and oxygen atoms in total. The molecule has 0 spiro atoms. The summed E-state index contributed by atoms with van der Waals surface area (Å²) in [4.78, 5) is 14.1. The van der Waals surface area contributed by atoms with E-state index >= 15 is 0 Å². The molecular formula is C22H26FNO4. The Morgan fingerprint density at radius 1 is 1.18 bits per heavy atom. The molecule has 0 unspecified atom stereocenters. The summed E-state index contributed by atoms with van der Waals surface area (Å²) in [7, 11) is 0. The van der Waals surface area contributed by atoms with Crippen LogP contribution in [0.3, 0.4) is 0 Å². The number of rotatable bonds is 8. The number of hydrogen-bond acceptors (Lipinski definition) is 4. The molecule has 2 atom stereocenters. The molecule has 1 aliphatic heterocycles. The molecule has 6 heteroatoms. The van der Waals surface area contributed by atoms with E-state index in [9.17, 15) is 9.18 Å². The SMILES string of the molecule is CCOc1ccc(C[C@@H](C)N2C[C@@H](c3cccc(F)c3)OC2=O)c(OCC)c1. The minimum atomic E-state index is -0.461. The Balaban J connectivity index is 1.72. The maximum absolute atomic E-state index is 13.5. The van der Waals surface area contributed by atoms with Crippen molar-refractivity contribution in [1.82, 2.24) is 4.90 Å². The second-order valence-corrected chi connectivity index (χ2v) is 6.77. The Bertz CT molecular complexity index is 826. The van der Waals surface area contributed by atoms with Crippen LogP contribution in [0.4, 0.5) is 9.18 Å². The highest BCUT2D eigenvalue weighted by atomic mass is 19.1. The van der Waals surface area contributed by atoms with Gasteiger partial charge in [-0.2, -0.15) is 0 Å². The third-order valence-corrected chi connectivity index (χ3v) is 4.76. The highest BCUT2D eigenvalue weighted by Gasteiger charge is 2.35. The van der Waals surface area contributed by atoms with Gasteiger partial charge in [-0.25, -0.2) is 9.18 Å². The number of amides is 1. The Hall–Kier alpha value is -2.76. The summed E-state index contributed by atoms with van der Waals surface area (Å²) in [5.41, 5.74) is 1.67. The number of carbonyl (C=O) groups is 1. The van der Waals surface area contributed by atoms with Gasteiger partial charge in [-0.15, -0.1) is 0 Å². The lowest BCUT2D eigenvalue weighted by atomic mass is 10.0. The van der Waals surface area contributed by atoms with Crippen LogP contribution in [-0.2, 0) is 11.2 Å². The van der Waals surface area contributed by atoms with Gasteiger partial charge in [0.15, 0.2) is 0 Å². The number of cyclic esters (lactones) is 1. The highest BCUT2D eigenvalue weighted by Crippen LogP contribution is 2.31. The zero-order chi connectivity index (χ0) is 20.1. The summed E-state index contributed by atoms with van der Waals surface area (Å²) in [5, 5.41) is 0. The van der Waals surface area contributed by atoms with E-state index in [2.05, 4.69) is 0 Å². The molecule has 0 saturated carbocycles. The van der Waals surface area contributed by atoms with Crippen molar-refractivity contribution >= 4 is 6.09 Å². The summed E-state index contributed by atoms with van der Waals surface area (Å²) in [5.74, 6) is 1.18. The second-order valence-electron chi connectivity index (χ2n) is 6.77. The number of carbonyl (C=O) groups excluding carboxylic acids is 1. The van der Waals surface area contributed by atoms with Crippen LogP contribution in [0.5, 0.6) is 11.5 Å². The van der Waals surface area contributed by atoms with Gasteiger partial charge in [0.05, 0.1) is 19.8 Å². The van der Waals surface area contributed by atoms with E-state index < -0.39 is 6.10 Å². The third-order valence-electron chi connectivity index (χ3n) is 4.76. The fraction of sp³-hybridized carbons (Fsp3) is 0.409. The van der Waals surface area contributed by atoms with E-state index in [4.69, 9.17) is 14.2 Å². The second kappa shape index (κ2) is 8.95. The van der Waals surface area contributed by atoms with Gasteiger partial charge in [0.25, 0.3) is 0 Å². The molecule has 2 aromatic carbocycles. The van der Waals surface area contributed by atoms with Crippen molar-refractivity contribution in [2.45, 2.75) is 39.3 Å². The topological polar surface area (TPSA) is 48.0 Å². The lowest BCUT2D eigenvalue weighted by Crippen LogP contribution is -2.35. The van der Waals surface area contributed by atoms with E-state index in [1.54, 1.807) is 17.0 Å². The van der Waals surface area contributed by atoms with E-state index in [0.717, 1.165) is 17.1 Å². The zero-order valence-corrected chi connectivity index (χ0v) is 16.5. The fourth-order valence-electron chi connectivity index (χ4n) is 3.40. The standard InChI is InChI=1S/C22H26FNO4/c1-4-26-19-10-9-17(20(13-19)27-5-2)11-15(3)24-14-21(28-22(24)25)16-7-6-8-18(23)12-16/h6-10,12-13,15,21H,4-5,11,14H2,1-3H3/t15-,21+/m1/s1. The van der Waals surface area contributed by atoms with Gasteiger partial charge in [-0.1, -0.05) is 18.2 Å². The van der Waals surface area contributed by atoms with E-state index in [-0.39, 0.29) is 18.0 Å². The molecule has 2 aromatic rings. The molecule has 3 rings (SSSR count). The van der Waals surface area contributed by atoms with Gasteiger partial charge in [0.2, 0.25) is 0 Å². The van der Waals surface area contributed by atoms with Crippen LogP contribution in [0, 0.1) is 5.82 Å². The average molecular weight is 387 g/mol. The Labute approximate surface area is 165 Å². The smallest absolute Gasteiger partial charge is 0.410 e. The van der Waals surface area contributed by atoms with Crippen molar-refractivity contribution in [3.05, 3.63) is 59.4 Å². The van der Waals surface area contributed by atoms with E-state index in [0.29, 0.717) is 31.7 Å². The number of benzene rings is 2. The summed E-state index contributed by atoms with van der Waals surface area (Å²) in [6, 6.07) is 11.8. The largest absolute Gasteiger partial charge is 0.494 e. The predicted octanol–water partition coefficient (Wildman–Crippen LogP) is 4.75. The van der Waals surface area contributed by atoms with Crippen molar-refractivity contribution in [1.29, 1.82) is 0 Å². The number of halogens is 1. The molecule has 28 heavy (non-hydrogen) atoms. The first-order valence-electron chi connectivity index (χ1n) is 9.63. The maximum Gasteiger partial charge on any atom is 0.410 e. The van der Waals surface area contributed by atoms with Crippen LogP contribution >= 0.6 is 0 Å². The highest BCUT2D eigenvalue weighted by molar-refractivity contribution is 5.70. The molecule has 0 aliphatic carbocycles. The zero-order valence-electron chi connectivity index (χ0n) is 16.5. The van der Waals surface area contributed by atoms with Crippen LogP contribution in [-0.4, -0.2) is 36.8 Å². The monoisotopic (exact) mass is 387 g/mol. The van der Waals surface area contributed by atoms with Crippen molar-refractivity contribution < 1.29 is 23.4 Å². The molecule has 1 aliphatic rings. The Morgan fingerprint density at radius 2 is 1.96 bits per heavy atom. The van der Waals surface area contributed by atoms with E-state index in [1.165, 1.54) is 12.1 Å². The summed E-state index contributed by atoms with van der Waals surface area (Å²) in [6.07, 6.45) is -0.227. The van der Waals surface area contributed by atoms with Crippen LogP contribution in [0.1, 0.15) is 38.0 Å². The maximum atomic E-state index is 13.5. The summed E-state index contributed by atoms with van der Waals surface area (Å²) in [6.45, 7) is 7.37. The summed E-state index contributed by atoms with van der Waals surface area (Å²) < 4.78 is 30.3. The summed E-state index contributed by atoms with van der Waals surface area (Å²) >= 11 is 0. The number of nitrogens with zero attached hydrogens (tertiary/aromatic N) is 1. The number of ether oxygens (including phenoxy) is 3. The van der Waals surface area contributed by atoms with Crippen LogP contribution in [0.25, 0.3) is 0 Å². The molecule has 1 heterocycles. The van der Waals surface area contributed by atoms with Gasteiger partial charge < -0.3 is 19.1 Å². The molecule has 0 bridgehead atoms. The first kappa shape index (κ1) is 20.0. The van der Waals surface area contributed by atoms with Crippen LogP contribution < -0.4 is 9.47 Å². The lowest BCUT2D eigenvalue weighted by Gasteiger charge is -2.23. The van der Waals surface area contributed by atoms with Crippen LogP contribution in [0.2, 0.25) is 0 Å². The van der Waals surface area contributed by atoms with Gasteiger partial charge in [-0.3, -0.25) is 0 Å². The molecule has 1 fully saturated rings. The van der Waals surface area contributed by atoms with Gasteiger partial charge >= 0.3 is 6.09 Å². The molecule has 0 N–H and O–H groups in total. The Morgan fingerprint density at radius 3 is 2.68 bits per heavy atom. The molecule has 0 radical (unpaired) electrons. The average Bonchev–Trinajstić information content (AvgIpc) is 3.06. The lowest BCUT2D eigenvalue weighted by molar-refractivity contribution is 0.128. The Kier molecular flexibility index (Phi) is 6.39. The minimum absolute atomic E-state index is 0.0943. The van der Waals surface area contributed by atoms with Crippen molar-refractivity contribution in [3.63, 3.8) is 0 Å². The number of hydrogen-bond donors (Lipinski definition) is 0. The predicted molar refractivity (Wildman–Crippen MR) is 104 cm³/mol. The van der Waals surface area contributed by atoms with Gasteiger partial charge in [0, 0.05) is 12.1 Å². The third kappa shape index (κ3) is 4.55.